The van der Waals surface area contributed by atoms with Crippen LogP contribution in [-0.4, -0.2) is 41.9 Å². The quantitative estimate of drug-likeness (QED) is 0.595. The number of fused-ring (bicyclic) bond motifs is 2. The number of nitrogens with one attached hydrogen (secondary N) is 1. The lowest BCUT2D eigenvalue weighted by Crippen LogP contribution is -2.30. The summed E-state index contributed by atoms with van der Waals surface area (Å²) in [7, 11) is 0. The highest BCUT2D eigenvalue weighted by atomic mass is 19.1. The molecule has 0 fully saturated rings. The van der Waals surface area contributed by atoms with E-state index in [1.54, 1.807) is 18.2 Å². The van der Waals surface area contributed by atoms with Crippen molar-refractivity contribution in [1.29, 1.82) is 0 Å². The predicted molar refractivity (Wildman–Crippen MR) is 106 cm³/mol. The Balaban J connectivity index is 1.75. The van der Waals surface area contributed by atoms with E-state index in [0.717, 1.165) is 0 Å². The first-order chi connectivity index (χ1) is 14.4. The van der Waals surface area contributed by atoms with Gasteiger partial charge in [0.15, 0.2) is 23.0 Å². The third-order valence-electron chi connectivity index (χ3n) is 5.12. The van der Waals surface area contributed by atoms with Gasteiger partial charge in [0.25, 0.3) is 5.91 Å². The molecule has 0 saturated carbocycles. The van der Waals surface area contributed by atoms with E-state index in [-0.39, 0.29) is 24.1 Å². The molecule has 1 unspecified atom stereocenters. The number of carbonyl (C=O) groups excluding carboxylic acids is 2. The Bertz CT molecular complexity index is 1060. The number of benzene rings is 2. The lowest BCUT2D eigenvalue weighted by Gasteiger charge is -2.22. The summed E-state index contributed by atoms with van der Waals surface area (Å²) >= 11 is 0. The molecule has 2 N–H and O–H groups in total. The van der Waals surface area contributed by atoms with Gasteiger partial charge in [-0.05, 0) is 44.0 Å². The molecule has 1 aliphatic carbocycles. The minimum absolute atomic E-state index is 0.0475. The minimum atomic E-state index is -0.742. The number of hydrogen-bond acceptors (Lipinski definition) is 6. The third-order valence-corrected chi connectivity index (χ3v) is 5.12. The number of amides is 1. The molecule has 1 atom stereocenters. The van der Waals surface area contributed by atoms with Crippen LogP contribution < -0.4 is 14.8 Å². The van der Waals surface area contributed by atoms with Gasteiger partial charge >= 0.3 is 0 Å². The Kier molecular flexibility index (Phi) is 5.15. The molecule has 0 radical (unpaired) electrons. The molecule has 30 heavy (non-hydrogen) atoms. The Morgan fingerprint density at radius 1 is 1.27 bits per heavy atom. The summed E-state index contributed by atoms with van der Waals surface area (Å²) in [6.45, 7) is 4.34. The molecular formula is C22H21FN2O5. The average molecular weight is 412 g/mol. The van der Waals surface area contributed by atoms with Crippen LogP contribution in [0.4, 0.5) is 4.39 Å². The normalized spacial score (nSPS) is 18.6. The molecule has 8 heteroatoms. The highest BCUT2D eigenvalue weighted by Crippen LogP contribution is 2.40. The Morgan fingerprint density at radius 2 is 2.03 bits per heavy atom. The summed E-state index contributed by atoms with van der Waals surface area (Å²) in [6, 6.07) is 7.31. The first kappa shape index (κ1) is 19.9. The molecule has 7 nitrogen and oxygen atoms in total. The maximum Gasteiger partial charge on any atom is 0.251 e. The fourth-order valence-electron chi connectivity index (χ4n) is 3.86. The van der Waals surface area contributed by atoms with Crippen molar-refractivity contribution < 1.29 is 28.7 Å². The number of ether oxygens (including phenoxy) is 2. The molecule has 0 spiro atoms. The van der Waals surface area contributed by atoms with Crippen LogP contribution in [0.2, 0.25) is 0 Å². The number of ketones is 1. The van der Waals surface area contributed by atoms with Crippen molar-refractivity contribution in [2.24, 2.45) is 5.16 Å². The summed E-state index contributed by atoms with van der Waals surface area (Å²) < 4.78 is 25.2. The Morgan fingerprint density at radius 3 is 2.77 bits per heavy atom. The molecular weight excluding hydrogens is 391 g/mol. The number of Topliss-reactive ketones (excluding diaryl/α,β-unsaturated/α-hetero) is 1. The molecule has 0 aromatic heterocycles. The maximum atomic E-state index is 14.1. The standard InChI is InChI=1S/C22H21FN2O5/c1-11(2)24-22(27)12-3-4-15-16(8-12)17(20(26)19(15)25-28)9-13-7-14(23)10-18-21(13)30-6-5-29-18/h3-4,7-8,10-11,17,28H,5-6,9H2,1-2H3,(H,24,27)/b25-19-. The summed E-state index contributed by atoms with van der Waals surface area (Å²) in [6.07, 6.45) is 0.115. The van der Waals surface area contributed by atoms with E-state index in [2.05, 4.69) is 10.5 Å². The van der Waals surface area contributed by atoms with Crippen LogP contribution in [0.15, 0.2) is 35.5 Å². The SMILES string of the molecule is CC(C)NC(=O)c1ccc2c(c1)C(Cc1cc(F)cc3c1OCCO3)C(=O)/C2=N\O. The molecule has 2 aromatic carbocycles. The van der Waals surface area contributed by atoms with Crippen LogP contribution in [0, 0.1) is 5.82 Å². The Labute approximate surface area is 172 Å². The second-order valence-corrected chi connectivity index (χ2v) is 7.59. The van der Waals surface area contributed by atoms with Gasteiger partial charge in [-0.25, -0.2) is 4.39 Å². The van der Waals surface area contributed by atoms with Crippen molar-refractivity contribution in [1.82, 2.24) is 5.32 Å². The van der Waals surface area contributed by atoms with Crippen molar-refractivity contribution >= 4 is 17.4 Å². The Hall–Kier alpha value is -3.42. The first-order valence-electron chi connectivity index (χ1n) is 9.68. The van der Waals surface area contributed by atoms with E-state index in [9.17, 15) is 19.2 Å². The molecule has 1 amide bonds. The predicted octanol–water partition coefficient (Wildman–Crippen LogP) is 2.82. The van der Waals surface area contributed by atoms with Crippen molar-refractivity contribution in [3.05, 3.63) is 58.4 Å². The zero-order valence-corrected chi connectivity index (χ0v) is 16.6. The fraction of sp³-hybridized carbons (Fsp3) is 0.318. The minimum Gasteiger partial charge on any atom is -0.486 e. The van der Waals surface area contributed by atoms with Gasteiger partial charge in [-0.1, -0.05) is 11.2 Å². The summed E-state index contributed by atoms with van der Waals surface area (Å²) in [5, 5.41) is 15.4. The van der Waals surface area contributed by atoms with Crippen molar-refractivity contribution in [2.45, 2.75) is 32.2 Å². The summed E-state index contributed by atoms with van der Waals surface area (Å²) in [4.78, 5) is 25.4. The largest absolute Gasteiger partial charge is 0.486 e. The van der Waals surface area contributed by atoms with Gasteiger partial charge < -0.3 is 20.0 Å². The van der Waals surface area contributed by atoms with Crippen LogP contribution in [-0.2, 0) is 11.2 Å². The number of rotatable bonds is 4. The van der Waals surface area contributed by atoms with Crippen LogP contribution >= 0.6 is 0 Å². The lowest BCUT2D eigenvalue weighted by molar-refractivity contribution is -0.113. The van der Waals surface area contributed by atoms with Gasteiger partial charge in [-0.15, -0.1) is 0 Å². The van der Waals surface area contributed by atoms with E-state index in [1.165, 1.54) is 12.1 Å². The summed E-state index contributed by atoms with van der Waals surface area (Å²) in [5.74, 6) is -1.21. The highest BCUT2D eigenvalue weighted by Gasteiger charge is 2.38. The zero-order valence-electron chi connectivity index (χ0n) is 16.6. The van der Waals surface area contributed by atoms with Crippen molar-refractivity contribution in [3.8, 4) is 11.5 Å². The molecule has 156 valence electrons. The fourth-order valence-corrected chi connectivity index (χ4v) is 3.86. The zero-order chi connectivity index (χ0) is 21.4. The molecule has 1 aliphatic heterocycles. The molecule has 4 rings (SSSR count). The maximum absolute atomic E-state index is 14.1. The summed E-state index contributed by atoms with van der Waals surface area (Å²) in [5.41, 5.74) is 1.80. The number of carbonyl (C=O) groups is 2. The van der Waals surface area contributed by atoms with Crippen LogP contribution in [0.5, 0.6) is 11.5 Å². The monoisotopic (exact) mass is 412 g/mol. The first-order valence-corrected chi connectivity index (χ1v) is 9.68. The van der Waals surface area contributed by atoms with E-state index in [0.29, 0.717) is 47.0 Å². The van der Waals surface area contributed by atoms with Gasteiger partial charge in [0.2, 0.25) is 0 Å². The average Bonchev–Trinajstić information content (AvgIpc) is 2.97. The van der Waals surface area contributed by atoms with Gasteiger partial charge in [0.05, 0.1) is 5.92 Å². The van der Waals surface area contributed by atoms with Gasteiger partial charge in [-0.3, -0.25) is 9.59 Å². The van der Waals surface area contributed by atoms with Crippen LogP contribution in [0.3, 0.4) is 0 Å². The lowest BCUT2D eigenvalue weighted by atomic mass is 9.91. The second-order valence-electron chi connectivity index (χ2n) is 7.59. The van der Waals surface area contributed by atoms with Gasteiger partial charge in [0.1, 0.15) is 19.0 Å². The molecule has 0 bridgehead atoms. The number of halogens is 1. The molecule has 2 aromatic rings. The van der Waals surface area contributed by atoms with E-state index in [4.69, 9.17) is 9.47 Å². The number of oxime groups is 1. The third kappa shape index (κ3) is 3.49. The smallest absolute Gasteiger partial charge is 0.251 e. The van der Waals surface area contributed by atoms with Gasteiger partial charge in [0, 0.05) is 28.8 Å². The second kappa shape index (κ2) is 7.78. The van der Waals surface area contributed by atoms with Crippen molar-refractivity contribution in [2.75, 3.05) is 13.2 Å². The number of nitrogens with zero attached hydrogens (tertiary/aromatic N) is 1. The van der Waals surface area contributed by atoms with E-state index < -0.39 is 17.5 Å². The molecule has 1 heterocycles. The van der Waals surface area contributed by atoms with E-state index >= 15 is 0 Å². The molecule has 2 aliphatic rings. The highest BCUT2D eigenvalue weighted by molar-refractivity contribution is 6.51. The molecule has 0 saturated heterocycles. The van der Waals surface area contributed by atoms with E-state index in [1.807, 2.05) is 13.8 Å². The number of hydrogen-bond donors (Lipinski definition) is 2. The van der Waals surface area contributed by atoms with Crippen molar-refractivity contribution in [3.63, 3.8) is 0 Å². The topological polar surface area (TPSA) is 97.2 Å². The van der Waals surface area contributed by atoms with Gasteiger partial charge in [-0.2, -0.15) is 0 Å². The van der Waals surface area contributed by atoms with Crippen LogP contribution in [0.25, 0.3) is 0 Å². The van der Waals surface area contributed by atoms with Crippen LogP contribution in [0.1, 0.15) is 46.8 Å².